The largest absolute Gasteiger partial charge is 0.390 e. The lowest BCUT2D eigenvalue weighted by molar-refractivity contribution is -0.142. The van der Waals surface area contributed by atoms with Crippen molar-refractivity contribution in [2.24, 2.45) is 0 Å². The number of benzene rings is 1. The fourth-order valence-electron chi connectivity index (χ4n) is 3.12. The quantitative estimate of drug-likeness (QED) is 0.856. The molecule has 0 bridgehead atoms. The van der Waals surface area contributed by atoms with Gasteiger partial charge in [0.25, 0.3) is 5.91 Å². The smallest absolute Gasteiger partial charge is 0.364 e. The fraction of sp³-hybridized carbons (Fsp3) is 0.444. The van der Waals surface area contributed by atoms with Crippen LogP contribution in [0, 0.1) is 11.3 Å². The first kappa shape index (κ1) is 19.8. The van der Waals surface area contributed by atoms with Crippen molar-refractivity contribution in [3.05, 3.63) is 30.1 Å². The molecule has 1 aromatic carbocycles. The second-order valence-corrected chi connectivity index (χ2v) is 6.49. The molecule has 148 valence electrons. The molecule has 1 aliphatic rings. The van der Waals surface area contributed by atoms with Gasteiger partial charge in [0.05, 0.1) is 30.3 Å². The second-order valence-electron chi connectivity index (χ2n) is 6.49. The van der Waals surface area contributed by atoms with Gasteiger partial charge in [0, 0.05) is 25.5 Å². The highest BCUT2D eigenvalue weighted by atomic mass is 19.4. The van der Waals surface area contributed by atoms with Crippen LogP contribution in [0.25, 0.3) is 11.0 Å². The predicted molar refractivity (Wildman–Crippen MR) is 94.5 cm³/mol. The molecular weight excluding hydrogens is 375 g/mol. The average molecular weight is 393 g/mol. The van der Waals surface area contributed by atoms with Gasteiger partial charge in [-0.25, -0.2) is 0 Å². The van der Waals surface area contributed by atoms with Crippen molar-refractivity contribution in [1.29, 1.82) is 5.26 Å². The van der Waals surface area contributed by atoms with Crippen LogP contribution < -0.4 is 10.2 Å². The van der Waals surface area contributed by atoms with Crippen LogP contribution in [0.3, 0.4) is 0 Å². The standard InChI is InChI=1S/C18H18F3N5O2/c1-11-9-26(10-14(28-11)17(27)25-5-4-18(19,20)21)13-3-2-12(8-22)15-16(13)24-7-6-23-15/h2-3,6-7,11,14H,4-5,9-10H2,1H3,(H,25,27)/t11-,14-/m1/s1. The zero-order chi connectivity index (χ0) is 20.3. The highest BCUT2D eigenvalue weighted by Gasteiger charge is 2.33. The SMILES string of the molecule is C[C@@H]1CN(c2ccc(C#N)c3nccnc23)C[C@H](C(=O)NCCC(F)(F)F)O1. The topological polar surface area (TPSA) is 91.1 Å². The minimum Gasteiger partial charge on any atom is -0.364 e. The number of carbonyl (C=O) groups excluding carboxylic acids is 1. The van der Waals surface area contributed by atoms with Crippen LogP contribution in [0.5, 0.6) is 0 Å². The van der Waals surface area contributed by atoms with Gasteiger partial charge in [0.2, 0.25) is 0 Å². The molecule has 0 radical (unpaired) electrons. The van der Waals surface area contributed by atoms with Gasteiger partial charge < -0.3 is 15.0 Å². The van der Waals surface area contributed by atoms with Crippen molar-refractivity contribution in [1.82, 2.24) is 15.3 Å². The number of halogens is 3. The van der Waals surface area contributed by atoms with Crippen molar-refractivity contribution >= 4 is 22.6 Å². The Morgan fingerprint density at radius 2 is 2.04 bits per heavy atom. The first-order valence-corrected chi connectivity index (χ1v) is 8.67. The Morgan fingerprint density at radius 3 is 2.71 bits per heavy atom. The molecule has 2 heterocycles. The first-order valence-electron chi connectivity index (χ1n) is 8.67. The average Bonchev–Trinajstić information content (AvgIpc) is 2.65. The van der Waals surface area contributed by atoms with Crippen molar-refractivity contribution in [3.63, 3.8) is 0 Å². The number of rotatable bonds is 4. The summed E-state index contributed by atoms with van der Waals surface area (Å²) in [7, 11) is 0. The Bertz CT molecular complexity index is 912. The number of alkyl halides is 3. The van der Waals surface area contributed by atoms with Crippen molar-refractivity contribution in [2.75, 3.05) is 24.5 Å². The summed E-state index contributed by atoms with van der Waals surface area (Å²) in [6.07, 6.45) is -3.67. The van der Waals surface area contributed by atoms with Gasteiger partial charge in [0.1, 0.15) is 17.1 Å². The summed E-state index contributed by atoms with van der Waals surface area (Å²) in [6.45, 7) is 1.89. The number of hydrogen-bond acceptors (Lipinski definition) is 6. The third-order valence-electron chi connectivity index (χ3n) is 4.33. The van der Waals surface area contributed by atoms with E-state index in [1.54, 1.807) is 19.1 Å². The molecule has 0 aliphatic carbocycles. The molecule has 0 saturated carbocycles. The number of morpholine rings is 1. The van der Waals surface area contributed by atoms with Gasteiger partial charge in [-0.05, 0) is 19.1 Å². The fourth-order valence-corrected chi connectivity index (χ4v) is 3.12. The molecule has 0 spiro atoms. The van der Waals surface area contributed by atoms with Gasteiger partial charge in [-0.15, -0.1) is 0 Å². The molecule has 7 nitrogen and oxygen atoms in total. The van der Waals surface area contributed by atoms with Crippen LogP contribution in [-0.4, -0.2) is 53.9 Å². The normalized spacial score (nSPS) is 20.0. The Kier molecular flexibility index (Phi) is 5.65. The summed E-state index contributed by atoms with van der Waals surface area (Å²) in [5.41, 5.74) is 2.04. The highest BCUT2D eigenvalue weighted by Crippen LogP contribution is 2.28. The van der Waals surface area contributed by atoms with Crippen LogP contribution in [0.4, 0.5) is 18.9 Å². The summed E-state index contributed by atoms with van der Waals surface area (Å²) < 4.78 is 42.4. The summed E-state index contributed by atoms with van der Waals surface area (Å²) in [5.74, 6) is -0.593. The first-order chi connectivity index (χ1) is 13.3. The van der Waals surface area contributed by atoms with Crippen LogP contribution in [-0.2, 0) is 9.53 Å². The highest BCUT2D eigenvalue weighted by molar-refractivity contribution is 5.92. The van der Waals surface area contributed by atoms with Gasteiger partial charge >= 0.3 is 6.18 Å². The Labute approximate surface area is 159 Å². The van der Waals surface area contributed by atoms with Crippen LogP contribution in [0.2, 0.25) is 0 Å². The Morgan fingerprint density at radius 1 is 1.32 bits per heavy atom. The molecule has 2 aromatic rings. The Balaban J connectivity index is 1.79. The number of aromatic nitrogens is 2. The maximum absolute atomic E-state index is 12.3. The zero-order valence-electron chi connectivity index (χ0n) is 15.0. The van der Waals surface area contributed by atoms with Gasteiger partial charge in [0.15, 0.2) is 6.10 Å². The molecule has 1 aromatic heterocycles. The van der Waals surface area contributed by atoms with E-state index in [1.165, 1.54) is 12.4 Å². The molecule has 1 saturated heterocycles. The van der Waals surface area contributed by atoms with E-state index in [-0.39, 0.29) is 12.6 Å². The number of nitrogens with zero attached hydrogens (tertiary/aromatic N) is 4. The molecular formula is C18H18F3N5O2. The summed E-state index contributed by atoms with van der Waals surface area (Å²) in [5, 5.41) is 11.5. The molecule has 1 fully saturated rings. The molecule has 28 heavy (non-hydrogen) atoms. The van der Waals surface area contributed by atoms with E-state index in [0.717, 1.165) is 0 Å². The number of anilines is 1. The van der Waals surface area contributed by atoms with E-state index in [0.29, 0.717) is 28.8 Å². The van der Waals surface area contributed by atoms with Crippen LogP contribution >= 0.6 is 0 Å². The monoisotopic (exact) mass is 393 g/mol. The second kappa shape index (κ2) is 7.98. The van der Waals surface area contributed by atoms with Crippen LogP contribution in [0.15, 0.2) is 24.5 Å². The lowest BCUT2D eigenvalue weighted by atomic mass is 10.1. The zero-order valence-corrected chi connectivity index (χ0v) is 15.0. The molecule has 2 atom stereocenters. The van der Waals surface area contributed by atoms with Gasteiger partial charge in [-0.2, -0.15) is 18.4 Å². The van der Waals surface area contributed by atoms with Crippen molar-refractivity contribution in [3.8, 4) is 6.07 Å². The van der Waals surface area contributed by atoms with Crippen molar-refractivity contribution < 1.29 is 22.7 Å². The van der Waals surface area contributed by atoms with Gasteiger partial charge in [-0.1, -0.05) is 0 Å². The Hall–Kier alpha value is -2.93. The molecule has 0 unspecified atom stereocenters. The van der Waals surface area contributed by atoms with E-state index in [9.17, 15) is 23.2 Å². The lowest BCUT2D eigenvalue weighted by Crippen LogP contribution is -2.53. The van der Waals surface area contributed by atoms with E-state index < -0.39 is 31.2 Å². The third kappa shape index (κ3) is 4.48. The molecule has 1 aliphatic heterocycles. The summed E-state index contributed by atoms with van der Waals surface area (Å²) in [4.78, 5) is 22.7. The number of nitriles is 1. The minimum atomic E-state index is -4.33. The van der Waals surface area contributed by atoms with Gasteiger partial charge in [-0.3, -0.25) is 14.8 Å². The van der Waals surface area contributed by atoms with E-state index >= 15 is 0 Å². The van der Waals surface area contributed by atoms with E-state index in [2.05, 4.69) is 21.4 Å². The number of nitrogens with one attached hydrogen (secondary N) is 1. The van der Waals surface area contributed by atoms with E-state index in [1.807, 2.05) is 4.90 Å². The number of carbonyl (C=O) groups is 1. The molecule has 3 rings (SSSR count). The summed E-state index contributed by atoms with van der Waals surface area (Å²) >= 11 is 0. The molecule has 10 heteroatoms. The number of hydrogen-bond donors (Lipinski definition) is 1. The molecule has 1 amide bonds. The maximum atomic E-state index is 12.3. The third-order valence-corrected chi connectivity index (χ3v) is 4.33. The minimum absolute atomic E-state index is 0.153. The van der Waals surface area contributed by atoms with Crippen LogP contribution in [0.1, 0.15) is 18.9 Å². The molecule has 1 N–H and O–H groups in total. The maximum Gasteiger partial charge on any atom is 0.390 e. The lowest BCUT2D eigenvalue weighted by Gasteiger charge is -2.37. The predicted octanol–water partition coefficient (Wildman–Crippen LogP) is 2.16. The number of ether oxygens (including phenoxy) is 1. The van der Waals surface area contributed by atoms with Crippen molar-refractivity contribution in [2.45, 2.75) is 31.7 Å². The number of fused-ring (bicyclic) bond motifs is 1. The van der Waals surface area contributed by atoms with E-state index in [4.69, 9.17) is 4.74 Å². The number of amides is 1. The summed E-state index contributed by atoms with van der Waals surface area (Å²) in [6, 6.07) is 5.43.